The minimum absolute atomic E-state index is 0. The van der Waals surface area contributed by atoms with Crippen molar-refractivity contribution in [2.24, 2.45) is 0 Å². The molecule has 3 aromatic rings. The van der Waals surface area contributed by atoms with E-state index in [9.17, 15) is 0 Å². The zero-order valence-corrected chi connectivity index (χ0v) is 23.0. The third kappa shape index (κ3) is 7.96. The molecule has 8 nitrogen and oxygen atoms in total. The number of aromatic nitrogens is 2. The van der Waals surface area contributed by atoms with Crippen molar-refractivity contribution in [3.8, 4) is 23.0 Å². The number of methoxy groups -OCH3 is 3. The number of nitrogens with zero attached hydrogens (tertiary/aromatic N) is 3. The Morgan fingerprint density at radius 1 is 0.944 bits per heavy atom. The lowest BCUT2D eigenvalue weighted by molar-refractivity contribution is 0.222. The van der Waals surface area contributed by atoms with Gasteiger partial charge in [0.25, 0.3) is 0 Å². The predicted molar refractivity (Wildman–Crippen MR) is 148 cm³/mol. The number of anilines is 2. The molecule has 36 heavy (non-hydrogen) atoms. The molecule has 1 aromatic heterocycles. The Kier molecular flexibility index (Phi) is 12.2. The highest BCUT2D eigenvalue weighted by molar-refractivity contribution is 7.99. The van der Waals surface area contributed by atoms with Crippen LogP contribution in [-0.4, -0.2) is 62.4 Å². The molecule has 0 saturated carbocycles. The average Bonchev–Trinajstić information content (AvgIpc) is 3.38. The molecule has 2 aromatic carbocycles. The molecule has 1 saturated heterocycles. The summed E-state index contributed by atoms with van der Waals surface area (Å²) in [6.07, 6.45) is 4.24. The second-order valence-electron chi connectivity index (χ2n) is 7.73. The van der Waals surface area contributed by atoms with E-state index in [0.717, 1.165) is 41.0 Å². The van der Waals surface area contributed by atoms with E-state index in [0.29, 0.717) is 29.8 Å². The Labute approximate surface area is 228 Å². The van der Waals surface area contributed by atoms with Crippen LogP contribution >= 0.6 is 36.6 Å². The molecule has 0 atom stereocenters. The topological polar surface area (TPSA) is 78.0 Å². The third-order valence-corrected chi connectivity index (χ3v) is 6.39. The van der Waals surface area contributed by atoms with Gasteiger partial charge in [-0.15, -0.1) is 24.8 Å². The van der Waals surface area contributed by atoms with Gasteiger partial charge >= 0.3 is 0 Å². The van der Waals surface area contributed by atoms with Gasteiger partial charge in [-0.1, -0.05) is 17.8 Å². The van der Waals surface area contributed by atoms with Gasteiger partial charge in [0.05, 0.1) is 21.3 Å². The van der Waals surface area contributed by atoms with Gasteiger partial charge in [0.15, 0.2) is 11.5 Å². The summed E-state index contributed by atoms with van der Waals surface area (Å²) in [5, 5.41) is 4.06. The van der Waals surface area contributed by atoms with Gasteiger partial charge in [-0.3, -0.25) is 4.90 Å². The fraction of sp³-hybridized carbons (Fsp3) is 0.360. The summed E-state index contributed by atoms with van der Waals surface area (Å²) in [5.41, 5.74) is 0.740. The van der Waals surface area contributed by atoms with Gasteiger partial charge in [-0.05, 0) is 50.2 Å². The van der Waals surface area contributed by atoms with E-state index in [4.69, 9.17) is 18.9 Å². The monoisotopic (exact) mass is 554 g/mol. The number of halogens is 2. The molecule has 0 amide bonds. The molecule has 11 heteroatoms. The molecule has 0 radical (unpaired) electrons. The molecule has 1 N–H and O–H groups in total. The second kappa shape index (κ2) is 14.8. The SMILES string of the molecule is COc1cccc(Sc2ccnc(Nc3cc(OC)c(OCCN4CCCC4)c(OC)c3)n2)c1.Cl.Cl. The Morgan fingerprint density at radius 3 is 2.33 bits per heavy atom. The van der Waals surface area contributed by atoms with E-state index in [2.05, 4.69) is 20.2 Å². The normalized spacial score (nSPS) is 12.8. The number of rotatable bonds is 11. The maximum Gasteiger partial charge on any atom is 0.228 e. The first-order valence-electron chi connectivity index (χ1n) is 11.2. The number of benzene rings is 2. The third-order valence-electron chi connectivity index (χ3n) is 5.46. The fourth-order valence-electron chi connectivity index (χ4n) is 3.75. The van der Waals surface area contributed by atoms with Crippen molar-refractivity contribution in [1.82, 2.24) is 14.9 Å². The van der Waals surface area contributed by atoms with E-state index in [1.807, 2.05) is 42.5 Å². The van der Waals surface area contributed by atoms with Crippen LogP contribution in [0.15, 0.2) is 58.6 Å². The molecule has 2 heterocycles. The smallest absolute Gasteiger partial charge is 0.228 e. The van der Waals surface area contributed by atoms with Crippen LogP contribution < -0.4 is 24.3 Å². The first kappa shape index (κ1) is 29.6. The van der Waals surface area contributed by atoms with Crippen molar-refractivity contribution in [3.05, 3.63) is 48.7 Å². The zero-order chi connectivity index (χ0) is 23.8. The molecule has 1 fully saturated rings. The molecule has 1 aliphatic rings. The first-order chi connectivity index (χ1) is 16.7. The molecule has 1 aliphatic heterocycles. The molecule has 0 bridgehead atoms. The first-order valence-corrected chi connectivity index (χ1v) is 12.0. The Balaban J connectivity index is 0.00000228. The van der Waals surface area contributed by atoms with Crippen LogP contribution in [0.1, 0.15) is 12.8 Å². The van der Waals surface area contributed by atoms with Crippen LogP contribution in [0, 0.1) is 0 Å². The Morgan fingerprint density at radius 2 is 1.67 bits per heavy atom. The van der Waals surface area contributed by atoms with E-state index in [1.165, 1.54) is 24.6 Å². The van der Waals surface area contributed by atoms with Crippen LogP contribution in [0.25, 0.3) is 0 Å². The molecule has 196 valence electrons. The molecular weight excluding hydrogens is 523 g/mol. The van der Waals surface area contributed by atoms with Crippen molar-refractivity contribution < 1.29 is 18.9 Å². The highest BCUT2D eigenvalue weighted by Gasteiger charge is 2.17. The lowest BCUT2D eigenvalue weighted by atomic mass is 10.2. The maximum absolute atomic E-state index is 6.06. The lowest BCUT2D eigenvalue weighted by Gasteiger charge is -2.19. The zero-order valence-electron chi connectivity index (χ0n) is 20.6. The van der Waals surface area contributed by atoms with E-state index < -0.39 is 0 Å². The van der Waals surface area contributed by atoms with Crippen molar-refractivity contribution in [2.45, 2.75) is 22.8 Å². The van der Waals surface area contributed by atoms with Crippen LogP contribution in [0.3, 0.4) is 0 Å². The van der Waals surface area contributed by atoms with Gasteiger partial charge in [-0.25, -0.2) is 9.97 Å². The summed E-state index contributed by atoms with van der Waals surface area (Å²) in [6, 6.07) is 13.4. The van der Waals surface area contributed by atoms with Gasteiger partial charge in [0.1, 0.15) is 17.4 Å². The summed E-state index contributed by atoms with van der Waals surface area (Å²) in [5.74, 6) is 3.05. The number of ether oxygens (including phenoxy) is 4. The van der Waals surface area contributed by atoms with E-state index >= 15 is 0 Å². The number of nitrogens with one attached hydrogen (secondary N) is 1. The molecule has 4 rings (SSSR count). The predicted octanol–water partition coefficient (Wildman–Crippen LogP) is 5.72. The maximum atomic E-state index is 6.06. The lowest BCUT2D eigenvalue weighted by Crippen LogP contribution is -2.25. The number of hydrogen-bond donors (Lipinski definition) is 1. The molecule has 0 spiro atoms. The van der Waals surface area contributed by atoms with Gasteiger partial charge in [0.2, 0.25) is 11.7 Å². The average molecular weight is 556 g/mol. The summed E-state index contributed by atoms with van der Waals surface area (Å²) in [7, 11) is 4.89. The summed E-state index contributed by atoms with van der Waals surface area (Å²) >= 11 is 1.53. The van der Waals surface area contributed by atoms with E-state index in [-0.39, 0.29) is 24.8 Å². The van der Waals surface area contributed by atoms with Crippen molar-refractivity contribution in [1.29, 1.82) is 0 Å². The minimum atomic E-state index is 0. The highest BCUT2D eigenvalue weighted by Crippen LogP contribution is 2.41. The largest absolute Gasteiger partial charge is 0.497 e. The van der Waals surface area contributed by atoms with Crippen LogP contribution in [0.5, 0.6) is 23.0 Å². The minimum Gasteiger partial charge on any atom is -0.497 e. The number of hydrogen-bond acceptors (Lipinski definition) is 9. The summed E-state index contributed by atoms with van der Waals surface area (Å²) < 4.78 is 22.6. The van der Waals surface area contributed by atoms with Gasteiger partial charge in [-0.2, -0.15) is 0 Å². The fourth-order valence-corrected chi connectivity index (χ4v) is 4.58. The van der Waals surface area contributed by atoms with Gasteiger partial charge in [0, 0.05) is 35.5 Å². The summed E-state index contributed by atoms with van der Waals surface area (Å²) in [6.45, 7) is 3.73. The number of likely N-dealkylation sites (tertiary alicyclic amines) is 1. The second-order valence-corrected chi connectivity index (χ2v) is 8.83. The van der Waals surface area contributed by atoms with Crippen molar-refractivity contribution >= 4 is 48.2 Å². The Hall–Kier alpha value is -2.59. The molecule has 0 unspecified atom stereocenters. The van der Waals surface area contributed by atoms with Crippen molar-refractivity contribution in [3.63, 3.8) is 0 Å². The van der Waals surface area contributed by atoms with Crippen molar-refractivity contribution in [2.75, 3.05) is 52.9 Å². The van der Waals surface area contributed by atoms with Crippen LogP contribution in [0.4, 0.5) is 11.6 Å². The Bertz CT molecular complexity index is 1080. The van der Waals surface area contributed by atoms with Crippen LogP contribution in [-0.2, 0) is 0 Å². The standard InChI is InChI=1S/C25H30N4O4S.2ClH/c1-30-19-7-6-8-20(17-19)34-23-9-10-26-25(28-23)27-18-15-21(31-2)24(22(16-18)32-3)33-14-13-29-11-4-5-12-29;;/h6-10,15-17H,4-5,11-14H2,1-3H3,(H,26,27,28);2*1H. The summed E-state index contributed by atoms with van der Waals surface area (Å²) in [4.78, 5) is 12.4. The molecular formula is C25H32Cl2N4O4S. The van der Waals surface area contributed by atoms with E-state index in [1.54, 1.807) is 27.5 Å². The van der Waals surface area contributed by atoms with Gasteiger partial charge < -0.3 is 24.3 Å². The quantitative estimate of drug-likeness (QED) is 0.299. The van der Waals surface area contributed by atoms with Crippen LogP contribution in [0.2, 0.25) is 0 Å². The molecule has 0 aliphatic carbocycles. The highest BCUT2D eigenvalue weighted by atomic mass is 35.5.